The van der Waals surface area contributed by atoms with Crippen LogP contribution in [0.3, 0.4) is 0 Å². The van der Waals surface area contributed by atoms with Crippen LogP contribution in [0.2, 0.25) is 0 Å². The van der Waals surface area contributed by atoms with Gasteiger partial charge in [0.2, 0.25) is 5.91 Å². The second kappa shape index (κ2) is 3.54. The molecule has 0 spiro atoms. The molecule has 14 heavy (non-hydrogen) atoms. The molecule has 0 aromatic carbocycles. The van der Waals surface area contributed by atoms with E-state index < -0.39 is 0 Å². The van der Waals surface area contributed by atoms with Crippen molar-refractivity contribution in [1.29, 1.82) is 0 Å². The molecular weight excluding hydrogens is 178 g/mol. The van der Waals surface area contributed by atoms with Gasteiger partial charge in [0.25, 0.3) is 0 Å². The molecule has 1 fully saturated rings. The Morgan fingerprint density at radius 2 is 1.64 bits per heavy atom. The highest BCUT2D eigenvalue weighted by Gasteiger charge is 2.39. The first kappa shape index (κ1) is 11.5. The Morgan fingerprint density at radius 1 is 1.21 bits per heavy atom. The molecule has 1 saturated heterocycles. The van der Waals surface area contributed by atoms with E-state index in [1.807, 2.05) is 39.5 Å². The molecule has 3 nitrogen and oxygen atoms in total. The molecule has 0 unspecified atom stereocenters. The highest BCUT2D eigenvalue weighted by atomic mass is 16.5. The van der Waals surface area contributed by atoms with Gasteiger partial charge in [0, 0.05) is 19.5 Å². The van der Waals surface area contributed by atoms with Crippen molar-refractivity contribution in [2.75, 3.05) is 13.1 Å². The molecule has 3 heteroatoms. The van der Waals surface area contributed by atoms with Gasteiger partial charge in [-0.2, -0.15) is 0 Å². The fraction of sp³-hybridized carbons (Fsp3) is 0.909. The number of amides is 1. The third-order valence-electron chi connectivity index (χ3n) is 2.35. The minimum atomic E-state index is -0.230. The number of carbonyl (C=O) groups excluding carboxylic acids is 1. The lowest BCUT2D eigenvalue weighted by Gasteiger charge is -2.47. The van der Waals surface area contributed by atoms with Crippen LogP contribution in [-0.2, 0) is 9.53 Å². The quantitative estimate of drug-likeness (QED) is 0.644. The van der Waals surface area contributed by atoms with Crippen LogP contribution in [0.25, 0.3) is 0 Å². The minimum absolute atomic E-state index is 0.217. The fourth-order valence-corrected chi connectivity index (χ4v) is 2.19. The van der Waals surface area contributed by atoms with Crippen LogP contribution in [0.15, 0.2) is 0 Å². The van der Waals surface area contributed by atoms with Crippen LogP contribution < -0.4 is 0 Å². The molecule has 0 aromatic rings. The van der Waals surface area contributed by atoms with Crippen LogP contribution in [-0.4, -0.2) is 35.1 Å². The molecule has 1 rings (SSSR count). The lowest BCUT2D eigenvalue weighted by molar-refractivity contribution is -0.187. The zero-order chi connectivity index (χ0) is 11.0. The number of nitrogens with zero attached hydrogens (tertiary/aromatic N) is 1. The lowest BCUT2D eigenvalue weighted by atomic mass is 9.99. The molecule has 1 heterocycles. The Morgan fingerprint density at radius 3 is 2.00 bits per heavy atom. The number of rotatable bonds is 1. The Labute approximate surface area is 86.4 Å². The van der Waals surface area contributed by atoms with Gasteiger partial charge >= 0.3 is 0 Å². The van der Waals surface area contributed by atoms with E-state index in [1.165, 1.54) is 0 Å². The number of ether oxygens (including phenoxy) is 1. The summed E-state index contributed by atoms with van der Waals surface area (Å²) in [5.74, 6) is 0.217. The number of carbonyl (C=O) groups is 1. The van der Waals surface area contributed by atoms with E-state index >= 15 is 0 Å². The Kier molecular flexibility index (Phi) is 2.91. The van der Waals surface area contributed by atoms with Crippen molar-refractivity contribution < 1.29 is 9.53 Å². The summed E-state index contributed by atoms with van der Waals surface area (Å²) < 4.78 is 5.89. The second-order valence-corrected chi connectivity index (χ2v) is 5.22. The smallest absolute Gasteiger partial charge is 0.222 e. The van der Waals surface area contributed by atoms with Crippen LogP contribution in [0.1, 0.15) is 41.0 Å². The first-order valence-electron chi connectivity index (χ1n) is 5.24. The number of morpholine rings is 1. The average Bonchev–Trinajstić information content (AvgIpc) is 1.97. The SMILES string of the molecule is CCC(=O)N1CC(C)(C)OC(C)(C)C1. The van der Waals surface area contributed by atoms with Crippen LogP contribution in [0, 0.1) is 0 Å². The maximum absolute atomic E-state index is 11.6. The van der Waals surface area contributed by atoms with Gasteiger partial charge < -0.3 is 9.64 Å². The van der Waals surface area contributed by atoms with E-state index in [-0.39, 0.29) is 17.1 Å². The van der Waals surface area contributed by atoms with E-state index in [0.29, 0.717) is 19.5 Å². The van der Waals surface area contributed by atoms with E-state index in [2.05, 4.69) is 0 Å². The number of hydrogen-bond acceptors (Lipinski definition) is 2. The Balaban J connectivity index is 2.76. The molecule has 1 aliphatic rings. The molecule has 1 aliphatic heterocycles. The van der Waals surface area contributed by atoms with E-state index in [4.69, 9.17) is 4.74 Å². The molecule has 0 radical (unpaired) electrons. The second-order valence-electron chi connectivity index (χ2n) is 5.22. The van der Waals surface area contributed by atoms with Gasteiger partial charge in [0.1, 0.15) is 0 Å². The lowest BCUT2D eigenvalue weighted by Crippen LogP contribution is -2.58. The van der Waals surface area contributed by atoms with Crippen molar-refractivity contribution >= 4 is 5.91 Å². The van der Waals surface area contributed by atoms with Gasteiger partial charge in [-0.1, -0.05) is 6.92 Å². The van der Waals surface area contributed by atoms with Crippen molar-refractivity contribution in [3.8, 4) is 0 Å². The Bertz CT molecular complexity index is 217. The Hall–Kier alpha value is -0.570. The molecule has 0 atom stereocenters. The summed E-state index contributed by atoms with van der Waals surface area (Å²) in [7, 11) is 0. The summed E-state index contributed by atoms with van der Waals surface area (Å²) in [4.78, 5) is 13.5. The average molecular weight is 199 g/mol. The zero-order valence-corrected chi connectivity index (χ0v) is 9.89. The highest BCUT2D eigenvalue weighted by molar-refractivity contribution is 5.76. The molecule has 82 valence electrons. The molecule has 0 N–H and O–H groups in total. The van der Waals surface area contributed by atoms with Gasteiger partial charge in [-0.15, -0.1) is 0 Å². The van der Waals surface area contributed by atoms with Gasteiger partial charge in [0.15, 0.2) is 0 Å². The van der Waals surface area contributed by atoms with Crippen molar-refractivity contribution in [1.82, 2.24) is 4.90 Å². The molecule has 0 aliphatic carbocycles. The van der Waals surface area contributed by atoms with E-state index in [1.54, 1.807) is 0 Å². The van der Waals surface area contributed by atoms with Gasteiger partial charge in [-0.3, -0.25) is 4.79 Å². The van der Waals surface area contributed by atoms with E-state index in [9.17, 15) is 4.79 Å². The summed E-state index contributed by atoms with van der Waals surface area (Å²) >= 11 is 0. The van der Waals surface area contributed by atoms with Gasteiger partial charge in [-0.25, -0.2) is 0 Å². The topological polar surface area (TPSA) is 29.5 Å². The van der Waals surface area contributed by atoms with E-state index in [0.717, 1.165) is 0 Å². The zero-order valence-electron chi connectivity index (χ0n) is 9.89. The highest BCUT2D eigenvalue weighted by Crippen LogP contribution is 2.28. The first-order valence-corrected chi connectivity index (χ1v) is 5.24. The van der Waals surface area contributed by atoms with Gasteiger partial charge in [0.05, 0.1) is 11.2 Å². The molecule has 1 amide bonds. The predicted molar refractivity (Wildman–Crippen MR) is 56.1 cm³/mol. The van der Waals surface area contributed by atoms with Crippen molar-refractivity contribution in [2.45, 2.75) is 52.2 Å². The summed E-state index contributed by atoms with van der Waals surface area (Å²) in [6, 6.07) is 0. The molecular formula is C11H21NO2. The molecule has 0 aromatic heterocycles. The maximum Gasteiger partial charge on any atom is 0.222 e. The van der Waals surface area contributed by atoms with Crippen molar-refractivity contribution in [3.63, 3.8) is 0 Å². The standard InChI is InChI=1S/C11H21NO2/c1-6-9(13)12-7-10(2,3)14-11(4,5)8-12/h6-8H2,1-5H3. The molecule has 0 bridgehead atoms. The monoisotopic (exact) mass is 199 g/mol. The van der Waals surface area contributed by atoms with Crippen LogP contribution >= 0.6 is 0 Å². The first-order chi connectivity index (χ1) is 6.26. The number of hydrogen-bond donors (Lipinski definition) is 0. The van der Waals surface area contributed by atoms with Crippen LogP contribution in [0.5, 0.6) is 0 Å². The van der Waals surface area contributed by atoms with Gasteiger partial charge in [-0.05, 0) is 27.7 Å². The maximum atomic E-state index is 11.6. The fourth-order valence-electron chi connectivity index (χ4n) is 2.19. The molecule has 0 saturated carbocycles. The third kappa shape index (κ3) is 2.71. The van der Waals surface area contributed by atoms with Crippen molar-refractivity contribution in [2.24, 2.45) is 0 Å². The predicted octanol–water partition coefficient (Wildman–Crippen LogP) is 1.81. The largest absolute Gasteiger partial charge is 0.366 e. The summed E-state index contributed by atoms with van der Waals surface area (Å²) in [5, 5.41) is 0. The normalized spacial score (nSPS) is 24.8. The third-order valence-corrected chi connectivity index (χ3v) is 2.35. The summed E-state index contributed by atoms with van der Waals surface area (Å²) in [6.07, 6.45) is 0.576. The summed E-state index contributed by atoms with van der Waals surface area (Å²) in [5.41, 5.74) is -0.459. The minimum Gasteiger partial charge on any atom is -0.366 e. The van der Waals surface area contributed by atoms with Crippen LogP contribution in [0.4, 0.5) is 0 Å². The summed E-state index contributed by atoms with van der Waals surface area (Å²) in [6.45, 7) is 11.4. The van der Waals surface area contributed by atoms with Crippen molar-refractivity contribution in [3.05, 3.63) is 0 Å².